The number of anilines is 1. The van der Waals surface area contributed by atoms with Gasteiger partial charge in [0.15, 0.2) is 0 Å². The molecule has 0 bridgehead atoms. The van der Waals surface area contributed by atoms with Crippen LogP contribution in [0, 0.1) is 17.2 Å². The Kier molecular flexibility index (Phi) is 6.47. The van der Waals surface area contributed by atoms with Crippen LogP contribution >= 0.6 is 0 Å². The number of hydrogen-bond acceptors (Lipinski definition) is 6. The molecule has 2 aliphatic rings. The SMILES string of the molecule is CC(C)N1CCN(C(=O)C2CCN(c3ncc(-c4ccc(C#N)cc4)cn3)CC2)CC1. The highest BCUT2D eigenvalue weighted by atomic mass is 16.2. The largest absolute Gasteiger partial charge is 0.341 e. The van der Waals surface area contributed by atoms with E-state index in [1.807, 2.05) is 24.5 Å². The molecule has 2 saturated heterocycles. The van der Waals surface area contributed by atoms with Gasteiger partial charge in [-0.15, -0.1) is 0 Å². The quantitative estimate of drug-likeness (QED) is 0.760. The van der Waals surface area contributed by atoms with Crippen LogP contribution in [0.15, 0.2) is 36.7 Å². The molecule has 2 fully saturated rings. The number of aromatic nitrogens is 2. The summed E-state index contributed by atoms with van der Waals surface area (Å²) in [4.78, 5) is 28.7. The third-order valence-corrected chi connectivity index (χ3v) is 6.47. The number of rotatable bonds is 4. The number of nitrogens with zero attached hydrogens (tertiary/aromatic N) is 6. The predicted octanol–water partition coefficient (Wildman–Crippen LogP) is 2.78. The predicted molar refractivity (Wildman–Crippen MR) is 120 cm³/mol. The van der Waals surface area contributed by atoms with E-state index in [1.54, 1.807) is 12.1 Å². The van der Waals surface area contributed by atoms with Gasteiger partial charge in [-0.05, 0) is 44.4 Å². The van der Waals surface area contributed by atoms with Crippen molar-refractivity contribution >= 4 is 11.9 Å². The first-order valence-electron chi connectivity index (χ1n) is 11.2. The molecule has 0 aliphatic carbocycles. The van der Waals surface area contributed by atoms with E-state index in [1.165, 1.54) is 0 Å². The summed E-state index contributed by atoms with van der Waals surface area (Å²) in [7, 11) is 0. The smallest absolute Gasteiger partial charge is 0.225 e. The summed E-state index contributed by atoms with van der Waals surface area (Å²) in [5.41, 5.74) is 2.56. The Balaban J connectivity index is 1.30. The summed E-state index contributed by atoms with van der Waals surface area (Å²) >= 11 is 0. The lowest BCUT2D eigenvalue weighted by Gasteiger charge is -2.39. The van der Waals surface area contributed by atoms with Crippen LogP contribution in [0.1, 0.15) is 32.3 Å². The van der Waals surface area contributed by atoms with Gasteiger partial charge in [0, 0.05) is 69.2 Å². The molecule has 31 heavy (non-hydrogen) atoms. The summed E-state index contributed by atoms with van der Waals surface area (Å²) in [6.45, 7) is 9.67. The van der Waals surface area contributed by atoms with E-state index in [2.05, 4.69) is 44.6 Å². The Morgan fingerprint density at radius 2 is 1.58 bits per heavy atom. The van der Waals surface area contributed by atoms with Crippen molar-refractivity contribution in [3.63, 3.8) is 0 Å². The molecule has 7 nitrogen and oxygen atoms in total. The summed E-state index contributed by atoms with van der Waals surface area (Å²) in [5.74, 6) is 1.15. The van der Waals surface area contributed by atoms with Crippen molar-refractivity contribution in [3.8, 4) is 17.2 Å². The fourth-order valence-corrected chi connectivity index (χ4v) is 4.41. The van der Waals surface area contributed by atoms with Crippen molar-refractivity contribution in [2.75, 3.05) is 44.2 Å². The number of carbonyl (C=O) groups excluding carboxylic acids is 1. The van der Waals surface area contributed by atoms with Crippen LogP contribution in [0.4, 0.5) is 5.95 Å². The zero-order valence-electron chi connectivity index (χ0n) is 18.4. The Bertz CT molecular complexity index is 918. The number of benzene rings is 1. The van der Waals surface area contributed by atoms with Gasteiger partial charge in [0.2, 0.25) is 11.9 Å². The minimum atomic E-state index is 0.111. The van der Waals surface area contributed by atoms with Crippen molar-refractivity contribution in [1.29, 1.82) is 5.26 Å². The molecule has 2 aromatic rings. The number of piperazine rings is 1. The second kappa shape index (κ2) is 9.44. The lowest BCUT2D eigenvalue weighted by molar-refractivity contribution is -0.138. The number of hydrogen-bond donors (Lipinski definition) is 0. The molecule has 3 heterocycles. The van der Waals surface area contributed by atoms with Gasteiger partial charge in [0.1, 0.15) is 0 Å². The summed E-state index contributed by atoms with van der Waals surface area (Å²) in [6, 6.07) is 10.1. The van der Waals surface area contributed by atoms with E-state index in [0.717, 1.165) is 63.2 Å². The van der Waals surface area contributed by atoms with Crippen LogP contribution in [-0.4, -0.2) is 71.0 Å². The van der Waals surface area contributed by atoms with Gasteiger partial charge < -0.3 is 9.80 Å². The van der Waals surface area contributed by atoms with Crippen LogP contribution in [-0.2, 0) is 4.79 Å². The van der Waals surface area contributed by atoms with Crippen molar-refractivity contribution in [3.05, 3.63) is 42.2 Å². The van der Waals surface area contributed by atoms with Crippen LogP contribution in [0.5, 0.6) is 0 Å². The standard InChI is InChI=1S/C24H30N6O/c1-18(2)28-11-13-29(14-12-28)23(31)21-7-9-30(10-8-21)24-26-16-22(17-27-24)20-5-3-19(15-25)4-6-20/h3-6,16-18,21H,7-14H2,1-2H3. The zero-order valence-corrected chi connectivity index (χ0v) is 18.4. The molecule has 1 amide bonds. The summed E-state index contributed by atoms with van der Waals surface area (Å²) in [5, 5.41) is 8.93. The van der Waals surface area contributed by atoms with Crippen LogP contribution in [0.2, 0.25) is 0 Å². The molecule has 0 radical (unpaired) electrons. The van der Waals surface area contributed by atoms with E-state index < -0.39 is 0 Å². The molecule has 0 unspecified atom stereocenters. The second-order valence-corrected chi connectivity index (χ2v) is 8.68. The summed E-state index contributed by atoms with van der Waals surface area (Å²) in [6.07, 6.45) is 5.36. The molecule has 0 atom stereocenters. The van der Waals surface area contributed by atoms with E-state index >= 15 is 0 Å². The van der Waals surface area contributed by atoms with E-state index in [0.29, 0.717) is 23.5 Å². The second-order valence-electron chi connectivity index (χ2n) is 8.68. The third kappa shape index (κ3) is 4.86. The molecular weight excluding hydrogens is 388 g/mol. The van der Waals surface area contributed by atoms with Crippen molar-refractivity contribution in [2.24, 2.45) is 5.92 Å². The van der Waals surface area contributed by atoms with Gasteiger partial charge in [-0.2, -0.15) is 5.26 Å². The van der Waals surface area contributed by atoms with Crippen LogP contribution < -0.4 is 4.90 Å². The number of amides is 1. The lowest BCUT2D eigenvalue weighted by atomic mass is 9.95. The minimum Gasteiger partial charge on any atom is -0.341 e. The molecule has 2 aliphatic heterocycles. The maximum atomic E-state index is 13.0. The maximum absolute atomic E-state index is 13.0. The summed E-state index contributed by atoms with van der Waals surface area (Å²) < 4.78 is 0. The van der Waals surface area contributed by atoms with Gasteiger partial charge in [-0.25, -0.2) is 9.97 Å². The zero-order chi connectivity index (χ0) is 21.8. The van der Waals surface area contributed by atoms with Crippen LogP contribution in [0.3, 0.4) is 0 Å². The lowest BCUT2D eigenvalue weighted by Crippen LogP contribution is -2.53. The number of nitriles is 1. The highest BCUT2D eigenvalue weighted by molar-refractivity contribution is 5.79. The Morgan fingerprint density at radius 1 is 0.968 bits per heavy atom. The number of piperidine rings is 1. The highest BCUT2D eigenvalue weighted by Gasteiger charge is 2.31. The van der Waals surface area contributed by atoms with Gasteiger partial charge in [0.25, 0.3) is 0 Å². The Hall–Kier alpha value is -2.98. The molecule has 0 N–H and O–H groups in total. The van der Waals surface area contributed by atoms with Gasteiger partial charge in [-0.3, -0.25) is 9.69 Å². The first-order valence-corrected chi connectivity index (χ1v) is 11.2. The topological polar surface area (TPSA) is 76.4 Å². The van der Waals surface area contributed by atoms with Gasteiger partial charge in [-0.1, -0.05) is 12.1 Å². The molecule has 1 aromatic carbocycles. The van der Waals surface area contributed by atoms with Crippen molar-refractivity contribution < 1.29 is 4.79 Å². The third-order valence-electron chi connectivity index (χ3n) is 6.47. The van der Waals surface area contributed by atoms with E-state index in [4.69, 9.17) is 5.26 Å². The van der Waals surface area contributed by atoms with Crippen molar-refractivity contribution in [2.45, 2.75) is 32.7 Å². The van der Waals surface area contributed by atoms with Crippen molar-refractivity contribution in [1.82, 2.24) is 19.8 Å². The average molecular weight is 419 g/mol. The van der Waals surface area contributed by atoms with E-state index in [-0.39, 0.29) is 5.92 Å². The first-order chi connectivity index (χ1) is 15.0. The molecule has 4 rings (SSSR count). The minimum absolute atomic E-state index is 0.111. The van der Waals surface area contributed by atoms with Gasteiger partial charge in [0.05, 0.1) is 11.6 Å². The van der Waals surface area contributed by atoms with Crippen LogP contribution in [0.25, 0.3) is 11.1 Å². The molecule has 7 heteroatoms. The molecular formula is C24H30N6O. The Morgan fingerprint density at radius 3 is 2.13 bits per heavy atom. The fraction of sp³-hybridized carbons (Fsp3) is 0.500. The average Bonchev–Trinajstić information content (AvgIpc) is 2.84. The molecule has 0 spiro atoms. The molecule has 1 aromatic heterocycles. The maximum Gasteiger partial charge on any atom is 0.225 e. The Labute approximate surface area is 184 Å². The van der Waals surface area contributed by atoms with Gasteiger partial charge >= 0.3 is 0 Å². The molecule has 162 valence electrons. The van der Waals surface area contributed by atoms with E-state index in [9.17, 15) is 4.79 Å². The monoisotopic (exact) mass is 418 g/mol. The normalized spacial score (nSPS) is 18.3. The first kappa shape index (κ1) is 21.3. The molecule has 0 saturated carbocycles. The number of carbonyl (C=O) groups is 1. The fourth-order valence-electron chi connectivity index (χ4n) is 4.41. The highest BCUT2D eigenvalue weighted by Crippen LogP contribution is 2.25.